The maximum Gasteiger partial charge on any atom is 0.266 e. The number of ether oxygens (including phenoxy) is 2. The molecule has 1 aliphatic rings. The molecule has 8 heteroatoms. The van der Waals surface area contributed by atoms with Crippen LogP contribution in [0.1, 0.15) is 39.8 Å². The summed E-state index contributed by atoms with van der Waals surface area (Å²) in [7, 11) is 3.28. The van der Waals surface area contributed by atoms with E-state index in [9.17, 15) is 4.79 Å². The summed E-state index contributed by atoms with van der Waals surface area (Å²) in [4.78, 5) is 29.0. The second-order valence-electron chi connectivity index (χ2n) is 6.77. The quantitative estimate of drug-likeness (QED) is 0.635. The first-order valence-corrected chi connectivity index (χ1v) is 10.2. The van der Waals surface area contributed by atoms with Gasteiger partial charge < -0.3 is 14.4 Å². The van der Waals surface area contributed by atoms with Crippen molar-refractivity contribution in [2.75, 3.05) is 20.8 Å². The molecule has 3 heterocycles. The number of methoxy groups -OCH3 is 2. The molecular formula is C21H22N4O3S. The molecule has 3 aromatic rings. The van der Waals surface area contributed by atoms with Crippen LogP contribution in [0.4, 0.5) is 0 Å². The van der Waals surface area contributed by atoms with E-state index in [1.54, 1.807) is 32.7 Å². The van der Waals surface area contributed by atoms with Crippen LogP contribution in [0.25, 0.3) is 10.8 Å². The first-order chi connectivity index (χ1) is 14.1. The molecule has 1 atom stereocenters. The summed E-state index contributed by atoms with van der Waals surface area (Å²) in [6, 6.07) is 7.40. The number of carbonyl (C=O) groups excluding carboxylic acids is 1. The molecule has 0 bridgehead atoms. The summed E-state index contributed by atoms with van der Waals surface area (Å²) < 4.78 is 10.9. The van der Waals surface area contributed by atoms with Crippen LogP contribution in [0, 0.1) is 6.92 Å². The molecule has 2 aromatic heterocycles. The minimum absolute atomic E-state index is 0.0189. The third kappa shape index (κ3) is 3.67. The summed E-state index contributed by atoms with van der Waals surface area (Å²) in [5.74, 6) is 2.02. The van der Waals surface area contributed by atoms with Crippen molar-refractivity contribution in [1.29, 1.82) is 0 Å². The van der Waals surface area contributed by atoms with Gasteiger partial charge in [-0.15, -0.1) is 11.3 Å². The fourth-order valence-corrected chi connectivity index (χ4v) is 4.63. The molecule has 29 heavy (non-hydrogen) atoms. The number of aryl methyl sites for hydroxylation is 1. The number of rotatable bonds is 5. The van der Waals surface area contributed by atoms with Gasteiger partial charge in [-0.05, 0) is 44.0 Å². The van der Waals surface area contributed by atoms with Crippen molar-refractivity contribution in [3.63, 3.8) is 0 Å². The predicted octanol–water partition coefficient (Wildman–Crippen LogP) is 3.90. The summed E-state index contributed by atoms with van der Waals surface area (Å²) >= 11 is 1.34. The number of carbonyl (C=O) groups is 1. The van der Waals surface area contributed by atoms with Crippen LogP contribution >= 0.6 is 11.3 Å². The monoisotopic (exact) mass is 410 g/mol. The van der Waals surface area contributed by atoms with Crippen LogP contribution < -0.4 is 9.47 Å². The van der Waals surface area contributed by atoms with Crippen LogP contribution in [0.3, 0.4) is 0 Å². The third-order valence-corrected chi connectivity index (χ3v) is 6.20. The van der Waals surface area contributed by atoms with Crippen molar-refractivity contribution in [3.8, 4) is 22.3 Å². The average molecular weight is 410 g/mol. The van der Waals surface area contributed by atoms with Gasteiger partial charge in [0.2, 0.25) is 0 Å². The number of aromatic nitrogens is 3. The lowest BCUT2D eigenvalue weighted by molar-refractivity contribution is 0.0738. The van der Waals surface area contributed by atoms with Gasteiger partial charge in [-0.25, -0.2) is 15.0 Å². The molecule has 0 radical (unpaired) electrons. The summed E-state index contributed by atoms with van der Waals surface area (Å²) in [5, 5.41) is 0.654. The van der Waals surface area contributed by atoms with Gasteiger partial charge in [-0.1, -0.05) is 0 Å². The maximum atomic E-state index is 13.4. The second-order valence-corrected chi connectivity index (χ2v) is 7.77. The van der Waals surface area contributed by atoms with E-state index in [4.69, 9.17) is 9.47 Å². The number of hydrogen-bond donors (Lipinski definition) is 0. The Morgan fingerprint density at radius 1 is 1.21 bits per heavy atom. The van der Waals surface area contributed by atoms with E-state index in [1.165, 1.54) is 11.3 Å². The highest BCUT2D eigenvalue weighted by Crippen LogP contribution is 2.40. The number of thiazole rings is 1. The summed E-state index contributed by atoms with van der Waals surface area (Å²) in [6.45, 7) is 2.55. The van der Waals surface area contributed by atoms with E-state index in [2.05, 4.69) is 15.0 Å². The van der Waals surface area contributed by atoms with Crippen molar-refractivity contribution < 1.29 is 14.3 Å². The second kappa shape index (κ2) is 8.16. The average Bonchev–Trinajstić information content (AvgIpc) is 3.40. The van der Waals surface area contributed by atoms with Gasteiger partial charge in [0, 0.05) is 24.5 Å². The molecule has 4 rings (SSSR count). The molecule has 1 aromatic carbocycles. The molecule has 0 spiro atoms. The van der Waals surface area contributed by atoms with Crippen molar-refractivity contribution in [2.45, 2.75) is 25.8 Å². The Balaban J connectivity index is 1.67. The molecule has 150 valence electrons. The molecule has 1 saturated heterocycles. The van der Waals surface area contributed by atoms with Gasteiger partial charge >= 0.3 is 0 Å². The highest BCUT2D eigenvalue weighted by atomic mass is 32.1. The standard InChI is InChI=1S/C21H22N4O3S/c1-13-18(29-20(24-13)19-22-9-5-10-23-19)21(26)25-11-4-6-16(25)15-12-14(27-2)7-8-17(15)28-3/h5,7-10,12,16H,4,6,11H2,1-3H3. The summed E-state index contributed by atoms with van der Waals surface area (Å²) in [6.07, 6.45) is 5.16. The van der Waals surface area contributed by atoms with Crippen LogP contribution in [-0.2, 0) is 0 Å². The molecule has 1 fully saturated rings. The SMILES string of the molecule is COc1ccc(OC)c(C2CCCN2C(=O)c2sc(-c3ncccn3)nc2C)c1. The fraction of sp³-hybridized carbons (Fsp3) is 0.333. The number of nitrogens with zero attached hydrogens (tertiary/aromatic N) is 4. The van der Waals surface area contributed by atoms with Gasteiger partial charge in [0.1, 0.15) is 16.4 Å². The van der Waals surface area contributed by atoms with E-state index >= 15 is 0 Å². The first-order valence-electron chi connectivity index (χ1n) is 9.40. The Labute approximate surface area is 173 Å². The van der Waals surface area contributed by atoms with Gasteiger partial charge in [0.25, 0.3) is 5.91 Å². The fourth-order valence-electron chi connectivity index (χ4n) is 3.66. The molecule has 1 amide bonds. The van der Waals surface area contributed by atoms with E-state index in [1.807, 2.05) is 30.0 Å². The maximum absolute atomic E-state index is 13.4. The van der Waals surface area contributed by atoms with Crippen LogP contribution in [0.2, 0.25) is 0 Å². The van der Waals surface area contributed by atoms with Crippen LogP contribution in [-0.4, -0.2) is 46.5 Å². The van der Waals surface area contributed by atoms with Gasteiger partial charge in [0.05, 0.1) is 26.0 Å². The van der Waals surface area contributed by atoms with Crippen molar-refractivity contribution in [2.24, 2.45) is 0 Å². The van der Waals surface area contributed by atoms with Crippen molar-refractivity contribution in [1.82, 2.24) is 19.9 Å². The third-order valence-electron chi connectivity index (χ3n) is 5.06. The topological polar surface area (TPSA) is 77.4 Å². The van der Waals surface area contributed by atoms with Crippen molar-refractivity contribution >= 4 is 17.2 Å². The molecule has 0 N–H and O–H groups in total. The normalized spacial score (nSPS) is 16.1. The van der Waals surface area contributed by atoms with Gasteiger partial charge in [0.15, 0.2) is 10.8 Å². The smallest absolute Gasteiger partial charge is 0.266 e. The number of likely N-dealkylation sites (tertiary alicyclic amines) is 1. The van der Waals surface area contributed by atoms with E-state index in [0.29, 0.717) is 27.9 Å². The minimum atomic E-state index is -0.0644. The zero-order valence-electron chi connectivity index (χ0n) is 16.6. The zero-order chi connectivity index (χ0) is 20.4. The molecule has 1 aliphatic heterocycles. The molecule has 1 unspecified atom stereocenters. The van der Waals surface area contributed by atoms with Gasteiger partial charge in [-0.2, -0.15) is 0 Å². The highest BCUT2D eigenvalue weighted by Gasteiger charge is 2.34. The van der Waals surface area contributed by atoms with Crippen LogP contribution in [0.5, 0.6) is 11.5 Å². The molecule has 7 nitrogen and oxygen atoms in total. The Hall–Kier alpha value is -3.00. The Morgan fingerprint density at radius 3 is 2.72 bits per heavy atom. The van der Waals surface area contributed by atoms with E-state index < -0.39 is 0 Å². The lowest BCUT2D eigenvalue weighted by atomic mass is 10.0. The largest absolute Gasteiger partial charge is 0.497 e. The summed E-state index contributed by atoms with van der Waals surface area (Å²) in [5.41, 5.74) is 1.66. The first kappa shape index (κ1) is 19.3. The molecular weight excluding hydrogens is 388 g/mol. The molecule has 0 saturated carbocycles. The van der Waals surface area contributed by atoms with E-state index in [-0.39, 0.29) is 11.9 Å². The lowest BCUT2D eigenvalue weighted by Gasteiger charge is -2.26. The Morgan fingerprint density at radius 2 is 2.00 bits per heavy atom. The lowest BCUT2D eigenvalue weighted by Crippen LogP contribution is -2.30. The Bertz CT molecular complexity index is 1020. The zero-order valence-corrected chi connectivity index (χ0v) is 17.4. The minimum Gasteiger partial charge on any atom is -0.497 e. The van der Waals surface area contributed by atoms with E-state index in [0.717, 1.165) is 29.9 Å². The van der Waals surface area contributed by atoms with Gasteiger partial charge in [-0.3, -0.25) is 4.79 Å². The predicted molar refractivity (Wildman–Crippen MR) is 110 cm³/mol. The highest BCUT2D eigenvalue weighted by molar-refractivity contribution is 7.17. The Kier molecular flexibility index (Phi) is 5.44. The number of amides is 1. The number of benzene rings is 1. The van der Waals surface area contributed by atoms with Crippen LogP contribution in [0.15, 0.2) is 36.7 Å². The molecule has 0 aliphatic carbocycles. The number of hydrogen-bond acceptors (Lipinski definition) is 7. The van der Waals surface area contributed by atoms with Crippen molar-refractivity contribution in [3.05, 3.63) is 52.8 Å².